The zero-order chi connectivity index (χ0) is 22.4. The van der Waals surface area contributed by atoms with Crippen molar-refractivity contribution in [2.45, 2.75) is 74.9 Å². The van der Waals surface area contributed by atoms with Crippen LogP contribution in [-0.4, -0.2) is 53.9 Å². The van der Waals surface area contributed by atoms with E-state index in [1.54, 1.807) is 6.07 Å². The molecule has 1 saturated carbocycles. The number of nitrogens with zero attached hydrogens (tertiary/aromatic N) is 2. The molecular formula is C21H30N4O5S. The summed E-state index contributed by atoms with van der Waals surface area (Å²) in [6.45, 7) is -0.0628. The van der Waals surface area contributed by atoms with Crippen molar-refractivity contribution in [3.05, 3.63) is 24.4 Å². The van der Waals surface area contributed by atoms with E-state index in [-0.39, 0.29) is 23.9 Å². The second kappa shape index (κ2) is 10.3. The normalized spacial score (nSPS) is 23.8. The van der Waals surface area contributed by atoms with Gasteiger partial charge in [0.25, 0.3) is 10.0 Å². The Hall–Kier alpha value is -2.33. The summed E-state index contributed by atoms with van der Waals surface area (Å²) in [7, 11) is -4.20. The third-order valence-corrected chi connectivity index (χ3v) is 7.87. The van der Waals surface area contributed by atoms with E-state index >= 15 is 0 Å². The Morgan fingerprint density at radius 1 is 1.13 bits per heavy atom. The fourth-order valence-corrected chi connectivity index (χ4v) is 5.98. The van der Waals surface area contributed by atoms with Crippen molar-refractivity contribution in [2.75, 3.05) is 6.54 Å². The van der Waals surface area contributed by atoms with Crippen molar-refractivity contribution >= 4 is 27.6 Å². The lowest BCUT2D eigenvalue weighted by Crippen LogP contribution is -2.56. The minimum Gasteiger partial charge on any atom is -0.368 e. The van der Waals surface area contributed by atoms with Crippen LogP contribution >= 0.6 is 0 Å². The zero-order valence-corrected chi connectivity index (χ0v) is 18.4. The number of ketones is 1. The van der Waals surface area contributed by atoms with Crippen LogP contribution in [0.25, 0.3) is 0 Å². The molecule has 0 spiro atoms. The summed E-state index contributed by atoms with van der Waals surface area (Å²) in [6.07, 6.45) is 8.81. The quantitative estimate of drug-likeness (QED) is 0.597. The lowest BCUT2D eigenvalue weighted by Gasteiger charge is -2.26. The average Bonchev–Trinajstić information content (AvgIpc) is 2.93. The van der Waals surface area contributed by atoms with Crippen LogP contribution in [0.2, 0.25) is 0 Å². The SMILES string of the molecule is NC(=O)[C@@H]1C(=O)C(NC(=O)CCC2CCCCC2)CCCN1S(=O)(=O)c1ccccn1. The fraction of sp³-hybridized carbons (Fsp3) is 0.619. The Labute approximate surface area is 182 Å². The predicted molar refractivity (Wildman–Crippen MR) is 113 cm³/mol. The summed E-state index contributed by atoms with van der Waals surface area (Å²) in [5, 5.41) is 2.45. The Morgan fingerprint density at radius 3 is 2.52 bits per heavy atom. The monoisotopic (exact) mass is 450 g/mol. The summed E-state index contributed by atoms with van der Waals surface area (Å²) >= 11 is 0. The highest BCUT2D eigenvalue weighted by molar-refractivity contribution is 7.89. The van der Waals surface area contributed by atoms with Gasteiger partial charge >= 0.3 is 0 Å². The van der Waals surface area contributed by atoms with E-state index in [9.17, 15) is 22.8 Å². The van der Waals surface area contributed by atoms with Crippen LogP contribution in [0, 0.1) is 5.92 Å². The van der Waals surface area contributed by atoms with Gasteiger partial charge < -0.3 is 11.1 Å². The topological polar surface area (TPSA) is 140 Å². The van der Waals surface area contributed by atoms with Crippen LogP contribution in [0.3, 0.4) is 0 Å². The Balaban J connectivity index is 1.71. The Morgan fingerprint density at radius 2 is 1.87 bits per heavy atom. The van der Waals surface area contributed by atoms with Gasteiger partial charge in [-0.3, -0.25) is 14.4 Å². The fourth-order valence-electron chi connectivity index (χ4n) is 4.44. The van der Waals surface area contributed by atoms with E-state index in [2.05, 4.69) is 10.3 Å². The second-order valence-electron chi connectivity index (χ2n) is 8.30. The number of pyridine rings is 1. The molecule has 0 aromatic carbocycles. The zero-order valence-electron chi connectivity index (χ0n) is 17.5. The average molecular weight is 451 g/mol. The van der Waals surface area contributed by atoms with Gasteiger partial charge in [0.2, 0.25) is 11.8 Å². The number of hydrogen-bond donors (Lipinski definition) is 2. The minimum atomic E-state index is -4.20. The third-order valence-electron chi connectivity index (χ3n) is 6.09. The van der Waals surface area contributed by atoms with Crippen molar-refractivity contribution in [3.63, 3.8) is 0 Å². The number of nitrogens with one attached hydrogen (secondary N) is 1. The Kier molecular flexibility index (Phi) is 7.77. The van der Waals surface area contributed by atoms with Crippen molar-refractivity contribution in [3.8, 4) is 0 Å². The van der Waals surface area contributed by atoms with Gasteiger partial charge in [-0.25, -0.2) is 13.4 Å². The predicted octanol–water partition coefficient (Wildman–Crippen LogP) is 1.13. The highest BCUT2D eigenvalue weighted by Crippen LogP contribution is 2.27. The summed E-state index contributed by atoms with van der Waals surface area (Å²) in [5.74, 6) is -1.49. The van der Waals surface area contributed by atoms with Gasteiger partial charge in [-0.15, -0.1) is 0 Å². The highest BCUT2D eigenvalue weighted by atomic mass is 32.2. The van der Waals surface area contributed by atoms with E-state index < -0.39 is 33.8 Å². The number of hydrogen-bond acceptors (Lipinski definition) is 6. The van der Waals surface area contributed by atoms with Crippen molar-refractivity contribution in [1.29, 1.82) is 0 Å². The molecule has 31 heavy (non-hydrogen) atoms. The molecule has 1 saturated heterocycles. The molecule has 9 nitrogen and oxygen atoms in total. The number of primary amides is 1. The van der Waals surface area contributed by atoms with E-state index in [4.69, 9.17) is 5.73 Å². The summed E-state index contributed by atoms with van der Waals surface area (Å²) in [6, 6.07) is 1.75. The van der Waals surface area contributed by atoms with E-state index in [1.807, 2.05) is 0 Å². The van der Waals surface area contributed by atoms with Crippen LogP contribution in [0.5, 0.6) is 0 Å². The van der Waals surface area contributed by atoms with Gasteiger partial charge in [0, 0.05) is 19.2 Å². The second-order valence-corrected chi connectivity index (χ2v) is 10.1. The summed E-state index contributed by atoms with van der Waals surface area (Å²) in [4.78, 5) is 41.5. The molecule has 2 heterocycles. The van der Waals surface area contributed by atoms with Gasteiger partial charge in [-0.1, -0.05) is 38.2 Å². The number of Topliss-reactive ketones (excluding diaryl/α,β-unsaturated/α-hetero) is 1. The largest absolute Gasteiger partial charge is 0.368 e. The van der Waals surface area contributed by atoms with Gasteiger partial charge in [0.1, 0.15) is 0 Å². The van der Waals surface area contributed by atoms with Gasteiger partial charge in [0.15, 0.2) is 16.9 Å². The van der Waals surface area contributed by atoms with Crippen molar-refractivity contribution < 1.29 is 22.8 Å². The molecule has 1 aliphatic heterocycles. The molecule has 2 fully saturated rings. The first-order valence-corrected chi connectivity index (χ1v) is 12.3. The van der Waals surface area contributed by atoms with Crippen molar-refractivity contribution in [2.24, 2.45) is 11.7 Å². The number of rotatable bonds is 7. The standard InChI is InChI=1S/C21H30N4O5S/c22-21(28)19-20(27)16(24-17(26)12-11-15-7-2-1-3-8-15)9-6-14-25(19)31(29,30)18-10-4-5-13-23-18/h4-5,10,13,15-16,19H,1-3,6-9,11-12,14H2,(H2,22,28)(H,24,26)/t16?,19-/m0/s1. The third kappa shape index (κ3) is 5.68. The first-order chi connectivity index (χ1) is 14.8. The van der Waals surface area contributed by atoms with Crippen LogP contribution in [0.15, 0.2) is 29.4 Å². The lowest BCUT2D eigenvalue weighted by atomic mass is 9.86. The van der Waals surface area contributed by atoms with Crippen LogP contribution in [0.1, 0.15) is 57.8 Å². The van der Waals surface area contributed by atoms with Gasteiger partial charge in [-0.2, -0.15) is 4.31 Å². The van der Waals surface area contributed by atoms with Crippen LogP contribution in [0.4, 0.5) is 0 Å². The number of aromatic nitrogens is 1. The molecule has 1 aromatic rings. The van der Waals surface area contributed by atoms with Gasteiger partial charge in [-0.05, 0) is 37.3 Å². The smallest absolute Gasteiger partial charge is 0.261 e. The van der Waals surface area contributed by atoms with Crippen LogP contribution in [-0.2, 0) is 24.4 Å². The summed E-state index contributed by atoms with van der Waals surface area (Å²) < 4.78 is 26.9. The first kappa shape index (κ1) is 23.3. The van der Waals surface area contributed by atoms with E-state index in [1.165, 1.54) is 37.6 Å². The van der Waals surface area contributed by atoms with E-state index in [0.717, 1.165) is 23.6 Å². The molecule has 3 rings (SSSR count). The first-order valence-electron chi connectivity index (χ1n) is 10.9. The molecule has 2 aliphatic rings. The van der Waals surface area contributed by atoms with Crippen LogP contribution < -0.4 is 11.1 Å². The van der Waals surface area contributed by atoms with E-state index in [0.29, 0.717) is 18.8 Å². The molecule has 1 aromatic heterocycles. The molecular weight excluding hydrogens is 420 g/mol. The molecule has 1 aliphatic carbocycles. The molecule has 2 amide bonds. The molecule has 0 bridgehead atoms. The maximum absolute atomic E-state index is 13.1. The maximum Gasteiger partial charge on any atom is 0.261 e. The molecule has 0 radical (unpaired) electrons. The number of carbonyl (C=O) groups is 3. The highest BCUT2D eigenvalue weighted by Gasteiger charge is 2.44. The van der Waals surface area contributed by atoms with Gasteiger partial charge in [0.05, 0.1) is 6.04 Å². The number of amides is 2. The Bertz CT molecular complexity index is 900. The summed E-state index contributed by atoms with van der Waals surface area (Å²) in [5.41, 5.74) is 5.44. The molecule has 3 N–H and O–H groups in total. The van der Waals surface area contributed by atoms with Crippen molar-refractivity contribution in [1.82, 2.24) is 14.6 Å². The molecule has 170 valence electrons. The molecule has 10 heteroatoms. The molecule has 2 atom stereocenters. The molecule has 1 unspecified atom stereocenters. The number of nitrogens with two attached hydrogens (primary N) is 1. The lowest BCUT2D eigenvalue weighted by molar-refractivity contribution is -0.135. The number of carbonyl (C=O) groups excluding carboxylic acids is 3. The number of sulfonamides is 1. The maximum atomic E-state index is 13.1. The minimum absolute atomic E-state index is 0.0628.